The summed E-state index contributed by atoms with van der Waals surface area (Å²) < 4.78 is 47.6. The molecule has 1 atom stereocenters. The monoisotopic (exact) mass is 354 g/mol. The van der Waals surface area contributed by atoms with Crippen molar-refractivity contribution in [3.8, 4) is 0 Å². The van der Waals surface area contributed by atoms with Gasteiger partial charge >= 0.3 is 0 Å². The largest absolute Gasteiger partial charge is 0.342 e. The minimum absolute atomic E-state index is 0.00295. The lowest BCUT2D eigenvalue weighted by molar-refractivity contribution is -0.131. The molecule has 0 spiro atoms. The van der Waals surface area contributed by atoms with E-state index in [2.05, 4.69) is 0 Å². The first-order valence-electron chi connectivity index (χ1n) is 7.33. The standard InChI is InChI=1S/C13H26N2O5S2/c1-11(2)9-15(21(4,17)18)7-5-13(16)14(3)12-6-8-22(19,20)10-12/h11-12H,5-10H2,1-4H3. The Morgan fingerprint density at radius 2 is 1.91 bits per heavy atom. The van der Waals surface area contributed by atoms with E-state index in [1.165, 1.54) is 9.21 Å². The van der Waals surface area contributed by atoms with Crippen molar-refractivity contribution in [2.24, 2.45) is 5.92 Å². The number of sulfonamides is 1. The molecule has 9 heteroatoms. The van der Waals surface area contributed by atoms with Crippen molar-refractivity contribution < 1.29 is 21.6 Å². The summed E-state index contributed by atoms with van der Waals surface area (Å²) in [4.78, 5) is 13.6. The van der Waals surface area contributed by atoms with Gasteiger partial charge in [0.05, 0.1) is 17.8 Å². The Morgan fingerprint density at radius 1 is 1.32 bits per heavy atom. The second-order valence-electron chi connectivity index (χ2n) is 6.33. The Balaban J connectivity index is 2.60. The van der Waals surface area contributed by atoms with Crippen molar-refractivity contribution in [2.75, 3.05) is 37.9 Å². The van der Waals surface area contributed by atoms with Crippen molar-refractivity contribution in [1.82, 2.24) is 9.21 Å². The first kappa shape index (κ1) is 19.4. The maximum Gasteiger partial charge on any atom is 0.223 e. The van der Waals surface area contributed by atoms with Crippen LogP contribution in [-0.4, -0.2) is 75.9 Å². The Morgan fingerprint density at radius 3 is 2.32 bits per heavy atom. The zero-order valence-corrected chi connectivity index (χ0v) is 15.3. The number of hydrogen-bond donors (Lipinski definition) is 0. The van der Waals surface area contributed by atoms with Gasteiger partial charge in [-0.1, -0.05) is 13.8 Å². The Hall–Kier alpha value is -0.670. The van der Waals surface area contributed by atoms with E-state index in [0.29, 0.717) is 13.0 Å². The molecule has 1 unspecified atom stereocenters. The van der Waals surface area contributed by atoms with E-state index >= 15 is 0 Å². The number of hydrogen-bond acceptors (Lipinski definition) is 5. The minimum atomic E-state index is -3.35. The Labute approximate surface area is 133 Å². The molecule has 0 aromatic carbocycles. The van der Waals surface area contributed by atoms with E-state index < -0.39 is 19.9 Å². The lowest BCUT2D eigenvalue weighted by atomic mass is 10.2. The highest BCUT2D eigenvalue weighted by Crippen LogP contribution is 2.17. The summed E-state index contributed by atoms with van der Waals surface area (Å²) in [7, 11) is -4.81. The average molecular weight is 354 g/mol. The molecule has 22 heavy (non-hydrogen) atoms. The molecule has 1 rings (SSSR count). The number of sulfone groups is 1. The third kappa shape index (κ3) is 5.85. The van der Waals surface area contributed by atoms with Gasteiger partial charge in [0.15, 0.2) is 9.84 Å². The minimum Gasteiger partial charge on any atom is -0.342 e. The molecular formula is C13H26N2O5S2. The summed E-state index contributed by atoms with van der Waals surface area (Å²) in [5.74, 6) is 0.0526. The molecule has 0 bridgehead atoms. The quantitative estimate of drug-likeness (QED) is 0.639. The molecule has 1 heterocycles. The number of carbonyl (C=O) groups is 1. The third-order valence-electron chi connectivity index (χ3n) is 3.76. The first-order chi connectivity index (χ1) is 9.92. The van der Waals surface area contributed by atoms with Crippen molar-refractivity contribution in [1.29, 1.82) is 0 Å². The van der Waals surface area contributed by atoms with Crippen LogP contribution < -0.4 is 0 Å². The maximum atomic E-state index is 12.2. The van der Waals surface area contributed by atoms with Crippen LogP contribution in [0.1, 0.15) is 26.7 Å². The van der Waals surface area contributed by atoms with Crippen LogP contribution >= 0.6 is 0 Å². The molecule has 0 saturated carbocycles. The second kappa shape index (κ2) is 7.27. The molecule has 1 aliphatic heterocycles. The van der Waals surface area contributed by atoms with Crippen LogP contribution in [0, 0.1) is 5.92 Å². The van der Waals surface area contributed by atoms with Crippen molar-refractivity contribution in [3.63, 3.8) is 0 Å². The fourth-order valence-electron chi connectivity index (χ4n) is 2.48. The molecule has 130 valence electrons. The van der Waals surface area contributed by atoms with Gasteiger partial charge in [-0.25, -0.2) is 21.1 Å². The molecule has 1 aliphatic rings. The van der Waals surface area contributed by atoms with Crippen LogP contribution in [-0.2, 0) is 24.7 Å². The van der Waals surface area contributed by atoms with Gasteiger partial charge in [0.1, 0.15) is 0 Å². The molecule has 0 aromatic heterocycles. The van der Waals surface area contributed by atoms with Gasteiger partial charge in [-0.15, -0.1) is 0 Å². The predicted molar refractivity (Wildman–Crippen MR) is 85.7 cm³/mol. The Bertz CT molecular complexity index is 598. The van der Waals surface area contributed by atoms with E-state index in [-0.39, 0.29) is 42.3 Å². The number of amides is 1. The van der Waals surface area contributed by atoms with Crippen LogP contribution in [0.3, 0.4) is 0 Å². The first-order valence-corrected chi connectivity index (χ1v) is 11.0. The molecule has 0 aliphatic carbocycles. The average Bonchev–Trinajstić information content (AvgIpc) is 2.71. The van der Waals surface area contributed by atoms with Gasteiger partial charge in [-0.2, -0.15) is 0 Å². The van der Waals surface area contributed by atoms with Crippen LogP contribution in [0.2, 0.25) is 0 Å². The lowest BCUT2D eigenvalue weighted by Gasteiger charge is -2.26. The molecule has 7 nitrogen and oxygen atoms in total. The predicted octanol–water partition coefficient (Wildman–Crippen LogP) is -0.0604. The molecular weight excluding hydrogens is 328 g/mol. The van der Waals surface area contributed by atoms with E-state index in [0.717, 1.165) is 6.26 Å². The van der Waals surface area contributed by atoms with Crippen molar-refractivity contribution in [3.05, 3.63) is 0 Å². The van der Waals surface area contributed by atoms with Gasteiger partial charge in [0.2, 0.25) is 15.9 Å². The molecule has 1 amide bonds. The van der Waals surface area contributed by atoms with Gasteiger partial charge in [-0.3, -0.25) is 4.79 Å². The third-order valence-corrected chi connectivity index (χ3v) is 6.78. The van der Waals surface area contributed by atoms with Crippen molar-refractivity contribution >= 4 is 25.8 Å². The normalized spacial score (nSPS) is 21.5. The van der Waals surface area contributed by atoms with Gasteiger partial charge in [0.25, 0.3) is 0 Å². The lowest BCUT2D eigenvalue weighted by Crippen LogP contribution is -2.41. The van der Waals surface area contributed by atoms with Gasteiger partial charge in [-0.05, 0) is 12.3 Å². The Kier molecular flexibility index (Phi) is 6.40. The smallest absolute Gasteiger partial charge is 0.223 e. The molecule has 0 N–H and O–H groups in total. The fraction of sp³-hybridized carbons (Fsp3) is 0.923. The van der Waals surface area contributed by atoms with Crippen LogP contribution in [0.25, 0.3) is 0 Å². The number of rotatable bonds is 7. The van der Waals surface area contributed by atoms with E-state index in [1.54, 1.807) is 7.05 Å². The summed E-state index contributed by atoms with van der Waals surface area (Å²) in [5.41, 5.74) is 0. The van der Waals surface area contributed by atoms with Crippen LogP contribution in [0.5, 0.6) is 0 Å². The summed E-state index contributed by atoms with van der Waals surface area (Å²) in [6, 6.07) is -0.297. The molecule has 0 radical (unpaired) electrons. The fourth-order valence-corrected chi connectivity index (χ4v) is 5.25. The highest BCUT2D eigenvalue weighted by atomic mass is 32.2. The van der Waals surface area contributed by atoms with Crippen molar-refractivity contribution in [2.45, 2.75) is 32.7 Å². The molecule has 0 aromatic rings. The van der Waals surface area contributed by atoms with E-state index in [9.17, 15) is 21.6 Å². The highest BCUT2D eigenvalue weighted by molar-refractivity contribution is 7.91. The summed E-state index contributed by atoms with van der Waals surface area (Å²) in [6.45, 7) is 4.32. The summed E-state index contributed by atoms with van der Waals surface area (Å²) in [5, 5.41) is 0. The van der Waals surface area contributed by atoms with Crippen LogP contribution in [0.4, 0.5) is 0 Å². The van der Waals surface area contributed by atoms with E-state index in [4.69, 9.17) is 0 Å². The number of nitrogens with zero attached hydrogens (tertiary/aromatic N) is 2. The molecule has 1 fully saturated rings. The van der Waals surface area contributed by atoms with E-state index in [1.807, 2.05) is 13.8 Å². The topological polar surface area (TPSA) is 91.8 Å². The zero-order chi connectivity index (χ0) is 17.1. The second-order valence-corrected chi connectivity index (χ2v) is 10.5. The maximum absolute atomic E-state index is 12.2. The van der Waals surface area contributed by atoms with Gasteiger partial charge < -0.3 is 4.90 Å². The van der Waals surface area contributed by atoms with Crippen LogP contribution in [0.15, 0.2) is 0 Å². The van der Waals surface area contributed by atoms with Gasteiger partial charge in [0, 0.05) is 32.6 Å². The highest BCUT2D eigenvalue weighted by Gasteiger charge is 2.32. The molecule has 1 saturated heterocycles. The SMILES string of the molecule is CC(C)CN(CCC(=O)N(C)C1CCS(=O)(=O)C1)S(C)(=O)=O. The summed E-state index contributed by atoms with van der Waals surface area (Å²) >= 11 is 0. The summed E-state index contributed by atoms with van der Waals surface area (Å²) in [6.07, 6.45) is 1.65. The number of carbonyl (C=O) groups excluding carboxylic acids is 1. The zero-order valence-electron chi connectivity index (χ0n) is 13.6.